The third kappa shape index (κ3) is 3.53. The summed E-state index contributed by atoms with van der Waals surface area (Å²) in [4.78, 5) is 2.49. The average Bonchev–Trinajstić information content (AvgIpc) is 3.16. The predicted molar refractivity (Wildman–Crippen MR) is 104 cm³/mol. The van der Waals surface area contributed by atoms with E-state index in [1.54, 1.807) is 0 Å². The molecular formula is C20H28ClFN4. The Hall–Kier alpha value is -1.43. The second-order valence-electron chi connectivity index (χ2n) is 8.21. The van der Waals surface area contributed by atoms with Crippen LogP contribution in [0.5, 0.6) is 0 Å². The maximum Gasteiger partial charge on any atom is 0.123 e. The van der Waals surface area contributed by atoms with Crippen LogP contribution >= 0.6 is 12.4 Å². The Morgan fingerprint density at radius 2 is 1.96 bits per heavy atom. The summed E-state index contributed by atoms with van der Waals surface area (Å²) in [6.07, 6.45) is 4.37. The first-order valence-corrected chi connectivity index (χ1v) is 9.27. The number of hydrogen-bond donors (Lipinski definition) is 1. The lowest BCUT2D eigenvalue weighted by Crippen LogP contribution is -2.52. The van der Waals surface area contributed by atoms with Gasteiger partial charge in [0, 0.05) is 31.4 Å². The summed E-state index contributed by atoms with van der Waals surface area (Å²) in [6, 6.07) is 6.91. The van der Waals surface area contributed by atoms with E-state index in [4.69, 9.17) is 10.8 Å². The van der Waals surface area contributed by atoms with Gasteiger partial charge < -0.3 is 5.73 Å². The molecule has 1 aliphatic heterocycles. The predicted octanol–water partition coefficient (Wildman–Crippen LogP) is 3.48. The summed E-state index contributed by atoms with van der Waals surface area (Å²) in [6.45, 7) is 7.43. The second-order valence-corrected chi connectivity index (χ2v) is 8.21. The molecule has 1 aromatic heterocycles. The summed E-state index contributed by atoms with van der Waals surface area (Å²) in [5.41, 5.74) is 11.2. The number of halogens is 2. The van der Waals surface area contributed by atoms with Crippen molar-refractivity contribution in [1.82, 2.24) is 14.7 Å². The van der Waals surface area contributed by atoms with E-state index >= 15 is 0 Å². The zero-order chi connectivity index (χ0) is 17.6. The zero-order valence-electron chi connectivity index (χ0n) is 15.5. The van der Waals surface area contributed by atoms with Crippen LogP contribution < -0.4 is 5.73 Å². The standard InChI is InChI=1S/C20H27FN4.ClH/c1-20(2)13-24(11-10-19(20)22)12-17-16-4-3-5-18(16)25(23-17)15-8-6-14(21)7-9-15;/h6-9,19H,3-5,10-13,22H2,1-2H3;1H. The van der Waals surface area contributed by atoms with Crippen molar-refractivity contribution in [2.75, 3.05) is 13.1 Å². The molecule has 0 amide bonds. The molecule has 0 spiro atoms. The molecule has 0 bridgehead atoms. The van der Waals surface area contributed by atoms with Crippen molar-refractivity contribution < 1.29 is 4.39 Å². The van der Waals surface area contributed by atoms with E-state index in [2.05, 4.69) is 18.7 Å². The Labute approximate surface area is 161 Å². The van der Waals surface area contributed by atoms with Crippen molar-refractivity contribution in [3.05, 3.63) is 47.0 Å². The third-order valence-electron chi connectivity index (χ3n) is 5.85. The molecule has 2 aliphatic rings. The second kappa shape index (κ2) is 7.29. The van der Waals surface area contributed by atoms with E-state index in [-0.39, 0.29) is 29.7 Å². The molecule has 1 unspecified atom stereocenters. The molecule has 0 saturated carbocycles. The van der Waals surface area contributed by atoms with Crippen LogP contribution in [-0.2, 0) is 19.4 Å². The van der Waals surface area contributed by atoms with E-state index in [1.807, 2.05) is 16.8 Å². The Balaban J connectivity index is 0.00000196. The first kappa shape index (κ1) is 19.3. The van der Waals surface area contributed by atoms with Gasteiger partial charge >= 0.3 is 0 Å². The summed E-state index contributed by atoms with van der Waals surface area (Å²) < 4.78 is 15.3. The molecular weight excluding hydrogens is 351 g/mol. The smallest absolute Gasteiger partial charge is 0.123 e. The highest BCUT2D eigenvalue weighted by Crippen LogP contribution is 2.32. The number of aromatic nitrogens is 2. The fourth-order valence-electron chi connectivity index (χ4n) is 4.27. The van der Waals surface area contributed by atoms with Gasteiger partial charge in [0.1, 0.15) is 5.82 Å². The number of benzene rings is 1. The fraction of sp³-hybridized carbons (Fsp3) is 0.550. The Kier molecular flexibility index (Phi) is 5.42. The van der Waals surface area contributed by atoms with Crippen molar-refractivity contribution in [2.45, 2.75) is 52.1 Å². The molecule has 1 aromatic carbocycles. The van der Waals surface area contributed by atoms with Crippen LogP contribution in [0.25, 0.3) is 5.69 Å². The highest BCUT2D eigenvalue weighted by Gasteiger charge is 2.34. The highest BCUT2D eigenvalue weighted by molar-refractivity contribution is 5.85. The number of nitrogens with zero attached hydrogens (tertiary/aromatic N) is 3. The first-order chi connectivity index (χ1) is 11.9. The summed E-state index contributed by atoms with van der Waals surface area (Å²) >= 11 is 0. The van der Waals surface area contributed by atoms with Gasteiger partial charge in [-0.05, 0) is 60.9 Å². The lowest BCUT2D eigenvalue weighted by atomic mass is 9.79. The first-order valence-electron chi connectivity index (χ1n) is 9.27. The largest absolute Gasteiger partial charge is 0.327 e. The monoisotopic (exact) mass is 378 g/mol. The fourth-order valence-corrected chi connectivity index (χ4v) is 4.27. The van der Waals surface area contributed by atoms with Gasteiger partial charge in [0.05, 0.1) is 11.4 Å². The number of nitrogens with two attached hydrogens (primary N) is 1. The van der Waals surface area contributed by atoms with Gasteiger partial charge in [-0.15, -0.1) is 12.4 Å². The van der Waals surface area contributed by atoms with Crippen LogP contribution in [0.1, 0.15) is 43.6 Å². The van der Waals surface area contributed by atoms with Gasteiger partial charge in [-0.25, -0.2) is 9.07 Å². The molecule has 26 heavy (non-hydrogen) atoms. The number of likely N-dealkylation sites (tertiary alicyclic amines) is 1. The molecule has 1 saturated heterocycles. The summed E-state index contributed by atoms with van der Waals surface area (Å²) in [5.74, 6) is -0.209. The van der Waals surface area contributed by atoms with E-state index in [9.17, 15) is 4.39 Å². The van der Waals surface area contributed by atoms with Crippen molar-refractivity contribution in [3.8, 4) is 5.69 Å². The van der Waals surface area contributed by atoms with Crippen molar-refractivity contribution in [2.24, 2.45) is 11.1 Å². The van der Waals surface area contributed by atoms with Gasteiger partial charge in [-0.3, -0.25) is 4.90 Å². The van der Waals surface area contributed by atoms with Crippen LogP contribution in [0.2, 0.25) is 0 Å². The zero-order valence-corrected chi connectivity index (χ0v) is 16.4. The van der Waals surface area contributed by atoms with Gasteiger partial charge in [-0.1, -0.05) is 13.8 Å². The maximum absolute atomic E-state index is 13.2. The van der Waals surface area contributed by atoms with E-state index in [0.717, 1.165) is 44.6 Å². The molecule has 142 valence electrons. The molecule has 2 heterocycles. The molecule has 0 radical (unpaired) electrons. The Morgan fingerprint density at radius 3 is 2.65 bits per heavy atom. The molecule has 1 atom stereocenters. The van der Waals surface area contributed by atoms with Crippen molar-refractivity contribution >= 4 is 12.4 Å². The van der Waals surface area contributed by atoms with Gasteiger partial charge in [-0.2, -0.15) is 5.10 Å². The number of piperidine rings is 1. The average molecular weight is 379 g/mol. The lowest BCUT2D eigenvalue weighted by molar-refractivity contribution is 0.0886. The molecule has 2 N–H and O–H groups in total. The van der Waals surface area contributed by atoms with Crippen LogP contribution in [-0.4, -0.2) is 33.8 Å². The lowest BCUT2D eigenvalue weighted by Gasteiger charge is -2.42. The molecule has 4 nitrogen and oxygen atoms in total. The van der Waals surface area contributed by atoms with Gasteiger partial charge in [0.25, 0.3) is 0 Å². The maximum atomic E-state index is 13.2. The van der Waals surface area contributed by atoms with Crippen molar-refractivity contribution in [3.63, 3.8) is 0 Å². The minimum Gasteiger partial charge on any atom is -0.327 e. The Morgan fingerprint density at radius 1 is 1.23 bits per heavy atom. The molecule has 1 fully saturated rings. The van der Waals surface area contributed by atoms with Crippen LogP contribution in [0, 0.1) is 11.2 Å². The molecule has 2 aromatic rings. The minimum absolute atomic E-state index is 0. The third-order valence-corrected chi connectivity index (χ3v) is 5.85. The number of fused-ring (bicyclic) bond motifs is 1. The normalized spacial score (nSPS) is 22.1. The van der Waals surface area contributed by atoms with Gasteiger partial charge in [0.2, 0.25) is 0 Å². The van der Waals surface area contributed by atoms with E-state index in [0.29, 0.717) is 0 Å². The molecule has 6 heteroatoms. The summed E-state index contributed by atoms with van der Waals surface area (Å²) in [7, 11) is 0. The van der Waals surface area contributed by atoms with Crippen LogP contribution in [0.3, 0.4) is 0 Å². The number of hydrogen-bond acceptors (Lipinski definition) is 3. The highest BCUT2D eigenvalue weighted by atomic mass is 35.5. The van der Waals surface area contributed by atoms with E-state index < -0.39 is 0 Å². The van der Waals surface area contributed by atoms with E-state index in [1.165, 1.54) is 35.5 Å². The summed E-state index contributed by atoms with van der Waals surface area (Å²) in [5, 5.41) is 4.91. The van der Waals surface area contributed by atoms with Crippen LogP contribution in [0.4, 0.5) is 4.39 Å². The molecule has 4 rings (SSSR count). The van der Waals surface area contributed by atoms with Crippen LogP contribution in [0.15, 0.2) is 24.3 Å². The minimum atomic E-state index is -0.209. The van der Waals surface area contributed by atoms with Gasteiger partial charge in [0.15, 0.2) is 0 Å². The quantitative estimate of drug-likeness (QED) is 0.889. The Bertz CT molecular complexity index is 769. The SMILES string of the molecule is CC1(C)CN(Cc2nn(-c3ccc(F)cc3)c3c2CCC3)CCC1N.Cl. The number of rotatable bonds is 3. The molecule has 1 aliphatic carbocycles. The van der Waals surface area contributed by atoms with Crippen molar-refractivity contribution in [1.29, 1.82) is 0 Å². The topological polar surface area (TPSA) is 47.1 Å².